The summed E-state index contributed by atoms with van der Waals surface area (Å²) in [6.45, 7) is 0.928. The molecule has 0 aliphatic carbocycles. The van der Waals surface area contributed by atoms with Crippen molar-refractivity contribution in [3.63, 3.8) is 0 Å². The van der Waals surface area contributed by atoms with E-state index in [4.69, 9.17) is 16.0 Å². The Morgan fingerprint density at radius 1 is 1.17 bits per heavy atom. The lowest BCUT2D eigenvalue weighted by Gasteiger charge is -2.26. The molecule has 2 aromatic carbocycles. The summed E-state index contributed by atoms with van der Waals surface area (Å²) in [6, 6.07) is 9.83. The first-order valence-corrected chi connectivity index (χ1v) is 9.62. The molecule has 154 valence electrons. The van der Waals surface area contributed by atoms with E-state index in [2.05, 4.69) is 0 Å². The maximum absolute atomic E-state index is 13.3. The van der Waals surface area contributed by atoms with Gasteiger partial charge in [0, 0.05) is 30.2 Å². The second-order valence-corrected chi connectivity index (χ2v) is 7.80. The molecule has 0 bridgehead atoms. The van der Waals surface area contributed by atoms with Gasteiger partial charge in [0.25, 0.3) is 11.6 Å². The van der Waals surface area contributed by atoms with Gasteiger partial charge in [-0.25, -0.2) is 0 Å². The number of non-ortho nitro benzene ring substituents is 1. The van der Waals surface area contributed by atoms with Crippen molar-refractivity contribution in [1.82, 2.24) is 9.80 Å². The van der Waals surface area contributed by atoms with Crippen molar-refractivity contribution in [3.8, 4) is 0 Å². The largest absolute Gasteiger partial charge is 0.450 e. The Morgan fingerprint density at radius 2 is 1.87 bits per heavy atom. The van der Waals surface area contributed by atoms with Crippen LogP contribution in [0.4, 0.5) is 5.69 Å². The number of benzene rings is 2. The third-order valence-electron chi connectivity index (χ3n) is 5.14. The van der Waals surface area contributed by atoms with Crippen LogP contribution < -0.4 is 5.43 Å². The quantitative estimate of drug-likeness (QED) is 0.457. The molecule has 0 spiro atoms. The van der Waals surface area contributed by atoms with Gasteiger partial charge in [-0.3, -0.25) is 19.7 Å². The third-order valence-corrected chi connectivity index (χ3v) is 5.37. The fraction of sp³-hybridized carbons (Fsp3) is 0.238. The van der Waals surface area contributed by atoms with Crippen LogP contribution in [-0.4, -0.2) is 47.8 Å². The zero-order chi connectivity index (χ0) is 21.6. The number of carbonyl (C=O) groups excluding carboxylic acids is 1. The van der Waals surface area contributed by atoms with Crippen LogP contribution >= 0.6 is 11.6 Å². The highest BCUT2D eigenvalue weighted by molar-refractivity contribution is 6.31. The first-order valence-electron chi connectivity index (χ1n) is 9.24. The van der Waals surface area contributed by atoms with E-state index in [1.807, 2.05) is 19.0 Å². The Labute approximate surface area is 176 Å². The van der Waals surface area contributed by atoms with E-state index in [0.29, 0.717) is 23.7 Å². The van der Waals surface area contributed by atoms with E-state index >= 15 is 0 Å². The molecule has 0 saturated heterocycles. The molecule has 3 aromatic rings. The summed E-state index contributed by atoms with van der Waals surface area (Å²) in [7, 11) is 3.77. The van der Waals surface area contributed by atoms with Gasteiger partial charge in [-0.05, 0) is 50.0 Å². The zero-order valence-corrected chi connectivity index (χ0v) is 17.0. The van der Waals surface area contributed by atoms with E-state index in [1.165, 1.54) is 18.2 Å². The van der Waals surface area contributed by atoms with Crippen LogP contribution in [0.15, 0.2) is 51.7 Å². The molecule has 1 atom stereocenters. The summed E-state index contributed by atoms with van der Waals surface area (Å²) in [5.74, 6) is -0.388. The number of amides is 1. The van der Waals surface area contributed by atoms with Crippen LogP contribution in [-0.2, 0) is 0 Å². The van der Waals surface area contributed by atoms with E-state index in [1.54, 1.807) is 29.2 Å². The first kappa shape index (κ1) is 20.1. The van der Waals surface area contributed by atoms with E-state index in [-0.39, 0.29) is 39.3 Å². The van der Waals surface area contributed by atoms with Gasteiger partial charge < -0.3 is 14.2 Å². The average molecular weight is 428 g/mol. The van der Waals surface area contributed by atoms with E-state index in [9.17, 15) is 19.7 Å². The minimum absolute atomic E-state index is 0.00284. The molecular formula is C21H18ClN3O5. The fourth-order valence-electron chi connectivity index (χ4n) is 3.66. The van der Waals surface area contributed by atoms with Gasteiger partial charge in [-0.1, -0.05) is 11.6 Å². The summed E-state index contributed by atoms with van der Waals surface area (Å²) in [4.78, 5) is 40.5. The van der Waals surface area contributed by atoms with Crippen LogP contribution in [0.1, 0.15) is 27.7 Å². The predicted molar refractivity (Wildman–Crippen MR) is 112 cm³/mol. The standard InChI is InChI=1S/C21H18ClN3O5/c1-23(2)9-10-24-18(12-3-6-14(7-4-12)25(28)29)17-19(26)15-11-13(22)5-8-16(15)30-20(17)21(24)27/h3-8,11,18H,9-10H2,1-2H3/t18-/m0/s1. The highest BCUT2D eigenvalue weighted by atomic mass is 35.5. The van der Waals surface area contributed by atoms with Gasteiger partial charge in [-0.2, -0.15) is 0 Å². The summed E-state index contributed by atoms with van der Waals surface area (Å²) < 4.78 is 5.83. The Bertz CT molecular complexity index is 1220. The molecule has 0 N–H and O–H groups in total. The van der Waals surface area contributed by atoms with Crippen molar-refractivity contribution in [2.24, 2.45) is 0 Å². The zero-order valence-electron chi connectivity index (χ0n) is 16.3. The smallest absolute Gasteiger partial charge is 0.290 e. The lowest BCUT2D eigenvalue weighted by atomic mass is 9.98. The Kier molecular flexibility index (Phi) is 5.05. The van der Waals surface area contributed by atoms with Crippen LogP contribution in [0.2, 0.25) is 5.02 Å². The van der Waals surface area contributed by atoms with Gasteiger partial charge in [0.15, 0.2) is 5.43 Å². The molecule has 0 unspecified atom stereocenters. The van der Waals surface area contributed by atoms with Crippen LogP contribution in [0.25, 0.3) is 11.0 Å². The summed E-state index contributed by atoms with van der Waals surface area (Å²) in [5.41, 5.74) is 0.703. The van der Waals surface area contributed by atoms with Gasteiger partial charge >= 0.3 is 0 Å². The Morgan fingerprint density at radius 3 is 2.50 bits per heavy atom. The van der Waals surface area contributed by atoms with Gasteiger partial charge in [0.05, 0.1) is 21.9 Å². The molecule has 2 heterocycles. The molecule has 4 rings (SSSR count). The number of nitro groups is 1. The Hall–Kier alpha value is -3.23. The molecule has 8 nitrogen and oxygen atoms in total. The number of rotatable bonds is 5. The molecule has 1 aliphatic heterocycles. The maximum atomic E-state index is 13.3. The lowest BCUT2D eigenvalue weighted by molar-refractivity contribution is -0.384. The Balaban J connectivity index is 1.92. The SMILES string of the molecule is CN(C)CCN1C(=O)c2oc3ccc(Cl)cc3c(=O)c2[C@@H]1c1ccc([N+](=O)[O-])cc1. The number of nitrogens with zero attached hydrogens (tertiary/aromatic N) is 3. The topological polar surface area (TPSA) is 96.9 Å². The van der Waals surface area contributed by atoms with Crippen molar-refractivity contribution in [2.45, 2.75) is 6.04 Å². The molecular weight excluding hydrogens is 410 g/mol. The summed E-state index contributed by atoms with van der Waals surface area (Å²) in [5, 5.41) is 11.7. The van der Waals surface area contributed by atoms with Crippen molar-refractivity contribution >= 4 is 34.2 Å². The predicted octanol–water partition coefficient (Wildman–Crippen LogP) is 3.46. The summed E-state index contributed by atoms with van der Waals surface area (Å²) in [6.07, 6.45) is 0. The monoisotopic (exact) mass is 427 g/mol. The minimum atomic E-state index is -0.701. The molecule has 1 aliphatic rings. The number of hydrogen-bond donors (Lipinski definition) is 0. The molecule has 1 aromatic heterocycles. The average Bonchev–Trinajstić information content (AvgIpc) is 2.99. The maximum Gasteiger partial charge on any atom is 0.290 e. The second-order valence-electron chi connectivity index (χ2n) is 7.37. The van der Waals surface area contributed by atoms with Gasteiger partial charge in [0.2, 0.25) is 5.76 Å². The second kappa shape index (κ2) is 7.55. The normalized spacial score (nSPS) is 15.8. The minimum Gasteiger partial charge on any atom is -0.450 e. The molecule has 0 radical (unpaired) electrons. The number of hydrogen-bond acceptors (Lipinski definition) is 6. The summed E-state index contributed by atoms with van der Waals surface area (Å²) >= 11 is 6.06. The van der Waals surface area contributed by atoms with Crippen molar-refractivity contribution in [2.75, 3.05) is 27.2 Å². The highest BCUT2D eigenvalue weighted by Crippen LogP contribution is 2.38. The molecule has 1 amide bonds. The van der Waals surface area contributed by atoms with E-state index in [0.717, 1.165) is 0 Å². The van der Waals surface area contributed by atoms with Crippen molar-refractivity contribution in [3.05, 3.63) is 84.7 Å². The first-order chi connectivity index (χ1) is 14.3. The van der Waals surface area contributed by atoms with Crippen molar-refractivity contribution < 1.29 is 14.1 Å². The highest BCUT2D eigenvalue weighted by Gasteiger charge is 2.42. The molecule has 0 fully saturated rings. The number of carbonyl (C=O) groups is 1. The van der Waals surface area contributed by atoms with Crippen molar-refractivity contribution in [1.29, 1.82) is 0 Å². The van der Waals surface area contributed by atoms with E-state index < -0.39 is 11.0 Å². The van der Waals surface area contributed by atoms with Crippen LogP contribution in [0.3, 0.4) is 0 Å². The fourth-order valence-corrected chi connectivity index (χ4v) is 3.83. The van der Waals surface area contributed by atoms with Gasteiger partial charge in [0.1, 0.15) is 5.58 Å². The van der Waals surface area contributed by atoms with Gasteiger partial charge in [-0.15, -0.1) is 0 Å². The number of fused-ring (bicyclic) bond motifs is 2. The molecule has 30 heavy (non-hydrogen) atoms. The lowest BCUT2D eigenvalue weighted by Crippen LogP contribution is -2.35. The number of nitro benzene ring substituents is 1. The number of halogens is 1. The molecule has 0 saturated carbocycles. The third kappa shape index (κ3) is 3.34. The number of likely N-dealkylation sites (N-methyl/N-ethyl adjacent to an activating group) is 1. The van der Waals surface area contributed by atoms with Crippen LogP contribution in [0.5, 0.6) is 0 Å². The molecule has 9 heteroatoms. The van der Waals surface area contributed by atoms with Crippen LogP contribution in [0, 0.1) is 10.1 Å².